The molecular formula is C13H14F3N5S. The first kappa shape index (κ1) is 15.2. The number of nitrogens with one attached hydrogen (secondary N) is 1. The Bertz CT molecular complexity index is 616. The van der Waals surface area contributed by atoms with Crippen molar-refractivity contribution in [1.82, 2.24) is 19.9 Å². The molecule has 1 saturated heterocycles. The minimum Gasteiger partial charge on any atom is -0.366 e. The number of likely N-dealkylation sites (tertiary alicyclic amines) is 1. The van der Waals surface area contributed by atoms with Crippen molar-refractivity contribution in [2.75, 3.05) is 18.4 Å². The molecule has 9 heteroatoms. The predicted molar refractivity (Wildman–Crippen MR) is 76.5 cm³/mol. The molecule has 1 N–H and O–H groups in total. The standard InChI is InChI=1S/C13H14F3N5S/c14-13(15,16)11-3-12(18-7-17-11)20-9-1-2-21(4-9)5-10-6-22-8-19-10/h3,6-9H,1-2,4-5H2,(H,17,18,20). The topological polar surface area (TPSA) is 53.9 Å². The van der Waals surface area contributed by atoms with Gasteiger partial charge >= 0.3 is 6.18 Å². The fourth-order valence-corrected chi connectivity index (χ4v) is 2.99. The first-order chi connectivity index (χ1) is 10.5. The van der Waals surface area contributed by atoms with Crippen molar-refractivity contribution in [2.45, 2.75) is 25.2 Å². The Labute approximate surface area is 129 Å². The normalized spacial score (nSPS) is 19.5. The van der Waals surface area contributed by atoms with Crippen molar-refractivity contribution in [1.29, 1.82) is 0 Å². The van der Waals surface area contributed by atoms with Crippen LogP contribution in [0.3, 0.4) is 0 Å². The average Bonchev–Trinajstić information content (AvgIpc) is 3.11. The van der Waals surface area contributed by atoms with Crippen molar-refractivity contribution in [2.24, 2.45) is 0 Å². The largest absolute Gasteiger partial charge is 0.433 e. The first-order valence-electron chi connectivity index (χ1n) is 6.76. The number of rotatable bonds is 4. The van der Waals surface area contributed by atoms with E-state index in [-0.39, 0.29) is 11.9 Å². The van der Waals surface area contributed by atoms with Gasteiger partial charge in [0, 0.05) is 37.1 Å². The van der Waals surface area contributed by atoms with Crippen LogP contribution in [0.25, 0.3) is 0 Å². The molecule has 1 aliphatic heterocycles. The molecule has 3 rings (SSSR count). The number of aromatic nitrogens is 3. The van der Waals surface area contributed by atoms with E-state index >= 15 is 0 Å². The molecule has 1 aliphatic rings. The number of thiazole rings is 1. The molecule has 1 atom stereocenters. The molecule has 0 aliphatic carbocycles. The van der Waals surface area contributed by atoms with Crippen molar-refractivity contribution in [3.05, 3.63) is 34.7 Å². The van der Waals surface area contributed by atoms with E-state index < -0.39 is 11.9 Å². The van der Waals surface area contributed by atoms with Gasteiger partial charge in [-0.1, -0.05) is 0 Å². The zero-order valence-corrected chi connectivity index (χ0v) is 12.4. The molecule has 22 heavy (non-hydrogen) atoms. The number of alkyl halides is 3. The zero-order chi connectivity index (χ0) is 15.6. The predicted octanol–water partition coefficient (Wildman–Crippen LogP) is 2.64. The maximum absolute atomic E-state index is 12.6. The van der Waals surface area contributed by atoms with E-state index in [2.05, 4.69) is 25.2 Å². The van der Waals surface area contributed by atoms with Crippen LogP contribution in [0.4, 0.5) is 19.0 Å². The van der Waals surface area contributed by atoms with E-state index in [1.807, 2.05) is 5.38 Å². The van der Waals surface area contributed by atoms with Crippen molar-refractivity contribution in [3.63, 3.8) is 0 Å². The molecule has 2 aromatic heterocycles. The zero-order valence-electron chi connectivity index (χ0n) is 11.5. The van der Waals surface area contributed by atoms with Gasteiger partial charge in [0.15, 0.2) is 0 Å². The van der Waals surface area contributed by atoms with Crippen LogP contribution in [0, 0.1) is 0 Å². The number of halogens is 3. The van der Waals surface area contributed by atoms with Crippen LogP contribution in [-0.2, 0) is 12.7 Å². The summed E-state index contributed by atoms with van der Waals surface area (Å²) in [5.41, 5.74) is 1.88. The monoisotopic (exact) mass is 329 g/mol. The summed E-state index contributed by atoms with van der Waals surface area (Å²) in [4.78, 5) is 13.6. The van der Waals surface area contributed by atoms with Crippen molar-refractivity contribution >= 4 is 17.2 Å². The highest BCUT2D eigenvalue weighted by atomic mass is 32.1. The molecule has 0 saturated carbocycles. The molecule has 3 heterocycles. The second kappa shape index (κ2) is 6.17. The van der Waals surface area contributed by atoms with Crippen LogP contribution in [0.2, 0.25) is 0 Å². The van der Waals surface area contributed by atoms with Crippen LogP contribution >= 0.6 is 11.3 Å². The van der Waals surface area contributed by atoms with Gasteiger partial charge in [-0.25, -0.2) is 15.0 Å². The van der Waals surface area contributed by atoms with E-state index in [9.17, 15) is 13.2 Å². The average molecular weight is 329 g/mol. The van der Waals surface area contributed by atoms with Crippen LogP contribution in [0.15, 0.2) is 23.3 Å². The van der Waals surface area contributed by atoms with Gasteiger partial charge in [-0.05, 0) is 6.42 Å². The molecule has 1 fully saturated rings. The third-order valence-corrected chi connectivity index (χ3v) is 4.09. The Kier molecular flexibility index (Phi) is 4.25. The smallest absolute Gasteiger partial charge is 0.366 e. The van der Waals surface area contributed by atoms with Gasteiger partial charge < -0.3 is 5.32 Å². The first-order valence-corrected chi connectivity index (χ1v) is 7.70. The third kappa shape index (κ3) is 3.72. The lowest BCUT2D eigenvalue weighted by molar-refractivity contribution is -0.141. The Morgan fingerprint density at radius 1 is 1.32 bits per heavy atom. The SMILES string of the molecule is FC(F)(F)c1cc(NC2CCN(Cc3cscn3)C2)ncn1. The number of nitrogens with zero attached hydrogens (tertiary/aromatic N) is 4. The lowest BCUT2D eigenvalue weighted by atomic mass is 10.2. The van der Waals surface area contributed by atoms with E-state index in [1.54, 1.807) is 16.8 Å². The van der Waals surface area contributed by atoms with Gasteiger partial charge in [-0.3, -0.25) is 4.90 Å². The molecule has 1 unspecified atom stereocenters. The number of hydrogen-bond donors (Lipinski definition) is 1. The van der Waals surface area contributed by atoms with Crippen LogP contribution in [0.5, 0.6) is 0 Å². The minimum atomic E-state index is -4.45. The van der Waals surface area contributed by atoms with Gasteiger partial charge in [-0.15, -0.1) is 11.3 Å². The molecule has 5 nitrogen and oxygen atoms in total. The maximum Gasteiger partial charge on any atom is 0.433 e. The highest BCUT2D eigenvalue weighted by molar-refractivity contribution is 7.07. The van der Waals surface area contributed by atoms with Gasteiger partial charge in [0.1, 0.15) is 17.8 Å². The van der Waals surface area contributed by atoms with E-state index in [4.69, 9.17) is 0 Å². The molecule has 0 radical (unpaired) electrons. The summed E-state index contributed by atoms with van der Waals surface area (Å²) in [6.07, 6.45) is -2.66. The minimum absolute atomic E-state index is 0.0784. The van der Waals surface area contributed by atoms with E-state index in [0.717, 1.165) is 44.1 Å². The molecule has 118 valence electrons. The molecule has 0 spiro atoms. The Morgan fingerprint density at radius 2 is 2.18 bits per heavy atom. The summed E-state index contributed by atoms with van der Waals surface area (Å²) in [7, 11) is 0. The number of anilines is 1. The van der Waals surface area contributed by atoms with Crippen LogP contribution in [0.1, 0.15) is 17.8 Å². The second-order valence-electron chi connectivity index (χ2n) is 5.13. The second-order valence-corrected chi connectivity index (χ2v) is 5.85. The summed E-state index contributed by atoms with van der Waals surface area (Å²) in [5, 5.41) is 5.05. The highest BCUT2D eigenvalue weighted by Gasteiger charge is 2.33. The van der Waals surface area contributed by atoms with E-state index in [1.165, 1.54) is 0 Å². The van der Waals surface area contributed by atoms with Gasteiger partial charge in [0.05, 0.1) is 11.2 Å². The lowest BCUT2D eigenvalue weighted by Gasteiger charge is -2.16. The van der Waals surface area contributed by atoms with Crippen LogP contribution in [-0.4, -0.2) is 39.0 Å². The molecular weight excluding hydrogens is 315 g/mol. The fraction of sp³-hybridized carbons (Fsp3) is 0.462. The lowest BCUT2D eigenvalue weighted by Crippen LogP contribution is -2.26. The Morgan fingerprint density at radius 3 is 2.91 bits per heavy atom. The molecule has 2 aromatic rings. The summed E-state index contributed by atoms with van der Waals surface area (Å²) >= 11 is 1.55. The van der Waals surface area contributed by atoms with Gasteiger partial charge in [0.2, 0.25) is 0 Å². The van der Waals surface area contributed by atoms with Gasteiger partial charge in [0.25, 0.3) is 0 Å². The fourth-order valence-electron chi connectivity index (χ4n) is 2.44. The molecule has 0 aromatic carbocycles. The molecule has 0 bridgehead atoms. The van der Waals surface area contributed by atoms with Crippen LogP contribution < -0.4 is 5.32 Å². The van der Waals surface area contributed by atoms with Gasteiger partial charge in [-0.2, -0.15) is 13.2 Å². The van der Waals surface area contributed by atoms with Crippen molar-refractivity contribution < 1.29 is 13.2 Å². The van der Waals surface area contributed by atoms with E-state index in [0.29, 0.717) is 0 Å². The number of hydrogen-bond acceptors (Lipinski definition) is 6. The Balaban J connectivity index is 1.58. The third-order valence-electron chi connectivity index (χ3n) is 3.45. The molecule has 0 amide bonds. The summed E-state index contributed by atoms with van der Waals surface area (Å²) in [6, 6.07) is 1.03. The van der Waals surface area contributed by atoms with Crippen molar-refractivity contribution in [3.8, 4) is 0 Å². The highest BCUT2D eigenvalue weighted by Crippen LogP contribution is 2.28. The summed E-state index contributed by atoms with van der Waals surface area (Å²) < 4.78 is 37.9. The quantitative estimate of drug-likeness (QED) is 0.934. The summed E-state index contributed by atoms with van der Waals surface area (Å²) in [5.74, 6) is 0.211. The summed E-state index contributed by atoms with van der Waals surface area (Å²) in [6.45, 7) is 2.40. The Hall–Kier alpha value is -1.74. The maximum atomic E-state index is 12.6.